The second-order valence-corrected chi connectivity index (χ2v) is 5.30. The summed E-state index contributed by atoms with van der Waals surface area (Å²) in [5.41, 5.74) is 0.741. The normalized spacial score (nSPS) is 22.4. The molecule has 0 spiro atoms. The maximum atomic E-state index is 13.0. The van der Waals surface area contributed by atoms with Crippen LogP contribution in [-0.4, -0.2) is 29.9 Å². The van der Waals surface area contributed by atoms with Gasteiger partial charge in [0, 0.05) is 13.5 Å². The zero-order valence-electron chi connectivity index (χ0n) is 11.8. The molecule has 2 atom stereocenters. The molecule has 2 rings (SSSR count). The molecule has 1 aliphatic heterocycles. The molecule has 1 aromatic carbocycles. The van der Waals surface area contributed by atoms with Crippen LogP contribution in [0.4, 0.5) is 4.39 Å². The maximum Gasteiger partial charge on any atom is 0.312 e. The summed E-state index contributed by atoms with van der Waals surface area (Å²) in [5, 5.41) is 0. The van der Waals surface area contributed by atoms with E-state index < -0.39 is 12.0 Å². The molecule has 1 heterocycles. The first-order valence-corrected chi connectivity index (χ1v) is 6.61. The van der Waals surface area contributed by atoms with Gasteiger partial charge in [0.15, 0.2) is 0 Å². The zero-order valence-corrected chi connectivity index (χ0v) is 11.8. The van der Waals surface area contributed by atoms with Gasteiger partial charge in [0.1, 0.15) is 5.82 Å². The number of likely N-dealkylation sites (tertiary alicyclic amines) is 1. The van der Waals surface area contributed by atoms with Crippen LogP contribution in [0.2, 0.25) is 0 Å². The van der Waals surface area contributed by atoms with E-state index in [0.717, 1.165) is 5.56 Å². The highest BCUT2D eigenvalue weighted by Gasteiger charge is 2.43. The largest absolute Gasteiger partial charge is 0.463 e. The van der Waals surface area contributed by atoms with E-state index in [1.54, 1.807) is 33.0 Å². The minimum absolute atomic E-state index is 0.106. The molecule has 0 bridgehead atoms. The highest BCUT2D eigenvalue weighted by molar-refractivity contribution is 5.88. The fourth-order valence-electron chi connectivity index (χ4n) is 2.52. The average Bonchev–Trinajstić information content (AvgIpc) is 2.67. The van der Waals surface area contributed by atoms with Crippen LogP contribution >= 0.6 is 0 Å². The number of ether oxygens (including phenoxy) is 1. The second kappa shape index (κ2) is 5.61. The van der Waals surface area contributed by atoms with Gasteiger partial charge in [0.2, 0.25) is 5.91 Å². The van der Waals surface area contributed by atoms with Crippen LogP contribution in [0.3, 0.4) is 0 Å². The molecule has 0 saturated carbocycles. The Morgan fingerprint density at radius 3 is 2.50 bits per heavy atom. The van der Waals surface area contributed by atoms with Crippen molar-refractivity contribution >= 4 is 11.9 Å². The summed E-state index contributed by atoms with van der Waals surface area (Å²) in [6, 6.07) is 5.47. The Bertz CT molecular complexity index is 512. The summed E-state index contributed by atoms with van der Waals surface area (Å²) in [6.45, 7) is 3.54. The van der Waals surface area contributed by atoms with Gasteiger partial charge in [0.05, 0.1) is 18.1 Å². The lowest BCUT2D eigenvalue weighted by Gasteiger charge is -2.25. The predicted molar refractivity (Wildman–Crippen MR) is 71.2 cm³/mol. The lowest BCUT2D eigenvalue weighted by Crippen LogP contribution is -2.29. The van der Waals surface area contributed by atoms with Crippen LogP contribution in [0.5, 0.6) is 0 Å². The van der Waals surface area contributed by atoms with Crippen molar-refractivity contribution in [2.75, 3.05) is 7.05 Å². The van der Waals surface area contributed by atoms with Gasteiger partial charge in [-0.2, -0.15) is 0 Å². The number of hydrogen-bond donors (Lipinski definition) is 0. The van der Waals surface area contributed by atoms with Gasteiger partial charge < -0.3 is 9.64 Å². The Labute approximate surface area is 117 Å². The number of carbonyl (C=O) groups is 2. The van der Waals surface area contributed by atoms with Gasteiger partial charge >= 0.3 is 5.97 Å². The number of nitrogens with zero attached hydrogens (tertiary/aromatic N) is 1. The molecule has 0 aromatic heterocycles. The molecule has 1 saturated heterocycles. The Hall–Kier alpha value is -1.91. The Morgan fingerprint density at radius 1 is 1.35 bits per heavy atom. The molecule has 4 nitrogen and oxygen atoms in total. The van der Waals surface area contributed by atoms with E-state index >= 15 is 0 Å². The molecule has 2 unspecified atom stereocenters. The third-order valence-electron chi connectivity index (χ3n) is 3.45. The average molecular weight is 279 g/mol. The number of halogens is 1. The topological polar surface area (TPSA) is 46.6 Å². The molecular weight excluding hydrogens is 261 g/mol. The van der Waals surface area contributed by atoms with Crippen molar-refractivity contribution in [3.05, 3.63) is 35.6 Å². The van der Waals surface area contributed by atoms with Crippen LogP contribution in [0.15, 0.2) is 24.3 Å². The number of benzene rings is 1. The molecule has 0 aliphatic carbocycles. The van der Waals surface area contributed by atoms with Crippen molar-refractivity contribution in [3.63, 3.8) is 0 Å². The van der Waals surface area contributed by atoms with Crippen LogP contribution < -0.4 is 0 Å². The minimum Gasteiger partial charge on any atom is -0.463 e. The number of hydrogen-bond acceptors (Lipinski definition) is 3. The number of rotatable bonds is 3. The molecule has 0 N–H and O–H groups in total. The standard InChI is InChI=1S/C15H18FNO3/c1-9(2)20-15(19)12-8-13(18)17(3)14(12)10-4-6-11(16)7-5-10/h4-7,9,12,14H,8H2,1-3H3. The Kier molecular flexibility index (Phi) is 4.06. The summed E-state index contributed by atoms with van der Waals surface area (Å²) in [5.74, 6) is -1.38. The fraction of sp³-hybridized carbons (Fsp3) is 0.467. The highest BCUT2D eigenvalue weighted by atomic mass is 19.1. The summed E-state index contributed by atoms with van der Waals surface area (Å²) < 4.78 is 18.2. The van der Waals surface area contributed by atoms with Crippen LogP contribution in [0.25, 0.3) is 0 Å². The van der Waals surface area contributed by atoms with Gasteiger partial charge in [-0.15, -0.1) is 0 Å². The van der Waals surface area contributed by atoms with Gasteiger partial charge in [-0.3, -0.25) is 9.59 Å². The smallest absolute Gasteiger partial charge is 0.312 e. The lowest BCUT2D eigenvalue weighted by molar-refractivity contribution is -0.153. The van der Waals surface area contributed by atoms with Gasteiger partial charge in [-0.25, -0.2) is 4.39 Å². The molecular formula is C15H18FNO3. The van der Waals surface area contributed by atoms with Crippen LogP contribution in [0.1, 0.15) is 31.9 Å². The SMILES string of the molecule is CC(C)OC(=O)C1CC(=O)N(C)C1c1ccc(F)cc1. The summed E-state index contributed by atoms with van der Waals surface area (Å²) in [7, 11) is 1.65. The zero-order chi connectivity index (χ0) is 14.9. The number of carbonyl (C=O) groups excluding carboxylic acids is 2. The molecule has 1 aliphatic rings. The molecule has 5 heteroatoms. The highest BCUT2D eigenvalue weighted by Crippen LogP contribution is 2.37. The van der Waals surface area contributed by atoms with E-state index in [1.807, 2.05) is 0 Å². The summed E-state index contributed by atoms with van der Waals surface area (Å²) >= 11 is 0. The first-order chi connectivity index (χ1) is 9.40. The van der Waals surface area contributed by atoms with E-state index in [4.69, 9.17) is 4.74 Å². The van der Waals surface area contributed by atoms with Crippen LogP contribution in [0, 0.1) is 11.7 Å². The quantitative estimate of drug-likeness (QED) is 0.798. The van der Waals surface area contributed by atoms with Gasteiger partial charge in [-0.05, 0) is 31.5 Å². The summed E-state index contributed by atoms with van der Waals surface area (Å²) in [6.07, 6.45) is -0.0956. The van der Waals surface area contributed by atoms with Crippen molar-refractivity contribution in [1.29, 1.82) is 0 Å². The van der Waals surface area contributed by atoms with E-state index in [0.29, 0.717) is 0 Å². The van der Waals surface area contributed by atoms with Crippen molar-refractivity contribution in [1.82, 2.24) is 4.90 Å². The lowest BCUT2D eigenvalue weighted by atomic mass is 9.94. The molecule has 1 aromatic rings. The van der Waals surface area contributed by atoms with Crippen molar-refractivity contribution in [2.45, 2.75) is 32.4 Å². The third-order valence-corrected chi connectivity index (χ3v) is 3.45. The second-order valence-electron chi connectivity index (χ2n) is 5.30. The first-order valence-electron chi connectivity index (χ1n) is 6.61. The maximum absolute atomic E-state index is 13.0. The fourth-order valence-corrected chi connectivity index (χ4v) is 2.52. The van der Waals surface area contributed by atoms with Crippen molar-refractivity contribution in [2.24, 2.45) is 5.92 Å². The minimum atomic E-state index is -0.541. The molecule has 108 valence electrons. The predicted octanol–water partition coefficient (Wildman–Crippen LogP) is 2.30. The molecule has 20 heavy (non-hydrogen) atoms. The van der Waals surface area contributed by atoms with E-state index in [1.165, 1.54) is 17.0 Å². The number of amides is 1. The summed E-state index contributed by atoms with van der Waals surface area (Å²) in [4.78, 5) is 25.5. The third kappa shape index (κ3) is 2.81. The monoisotopic (exact) mass is 279 g/mol. The van der Waals surface area contributed by atoms with E-state index in [9.17, 15) is 14.0 Å². The molecule has 1 fully saturated rings. The van der Waals surface area contributed by atoms with E-state index in [-0.39, 0.29) is 30.2 Å². The molecule has 0 radical (unpaired) electrons. The Morgan fingerprint density at radius 2 is 1.95 bits per heavy atom. The van der Waals surface area contributed by atoms with Gasteiger partial charge in [-0.1, -0.05) is 12.1 Å². The number of esters is 1. The van der Waals surface area contributed by atoms with Gasteiger partial charge in [0.25, 0.3) is 0 Å². The Balaban J connectivity index is 2.28. The van der Waals surface area contributed by atoms with Crippen molar-refractivity contribution < 1.29 is 18.7 Å². The van der Waals surface area contributed by atoms with Crippen molar-refractivity contribution in [3.8, 4) is 0 Å². The first kappa shape index (κ1) is 14.5. The van der Waals surface area contributed by atoms with E-state index in [2.05, 4.69) is 0 Å². The molecule has 1 amide bonds. The van der Waals surface area contributed by atoms with Crippen LogP contribution in [-0.2, 0) is 14.3 Å².